The summed E-state index contributed by atoms with van der Waals surface area (Å²) in [6.45, 7) is 0. The maximum atomic E-state index is 11.2. The number of aryl methyl sites for hydroxylation is 1. The Balaban J connectivity index is 2.88. The molecular weight excluding hydrogens is 244 g/mol. The van der Waals surface area contributed by atoms with Crippen molar-refractivity contribution in [3.05, 3.63) is 35.9 Å². The molecule has 0 radical (unpaired) electrons. The van der Waals surface area contributed by atoms with Crippen molar-refractivity contribution in [3.63, 3.8) is 0 Å². The number of carboxylic acid groups (broad SMARTS) is 1. The van der Waals surface area contributed by atoms with Gasteiger partial charge in [-0.1, -0.05) is 30.3 Å². The summed E-state index contributed by atoms with van der Waals surface area (Å²) in [7, 11) is -4.36. The fourth-order valence-corrected chi connectivity index (χ4v) is 1.98. The summed E-state index contributed by atoms with van der Waals surface area (Å²) in [5.41, 5.74) is 6.15. The lowest BCUT2D eigenvalue weighted by Gasteiger charge is -2.21. The average molecular weight is 258 g/mol. The molecule has 1 unspecified atom stereocenters. The Kier molecular flexibility index (Phi) is 3.87. The molecule has 0 aliphatic heterocycles. The number of rotatable bonds is 5. The van der Waals surface area contributed by atoms with Gasteiger partial charge in [0.25, 0.3) is 0 Å². The Bertz CT molecular complexity index is 500. The molecule has 5 N–H and O–H groups in total. The van der Waals surface area contributed by atoms with Gasteiger partial charge < -0.3 is 10.8 Å². The minimum atomic E-state index is -4.36. The topological polar surface area (TPSA) is 123 Å². The third kappa shape index (κ3) is 3.02. The Morgan fingerprint density at radius 2 is 1.82 bits per heavy atom. The van der Waals surface area contributed by atoms with E-state index >= 15 is 0 Å². The summed E-state index contributed by atoms with van der Waals surface area (Å²) in [6.07, 6.45) is -0.0503. The normalized spacial score (nSPS) is 15.2. The average Bonchev–Trinajstić information content (AvgIpc) is 2.25. The maximum absolute atomic E-state index is 11.2. The maximum Gasteiger partial charge on any atom is 0.341 e. The molecule has 94 valence electrons. The van der Waals surface area contributed by atoms with E-state index in [2.05, 4.69) is 0 Å². The Morgan fingerprint density at radius 1 is 1.29 bits per heavy atom. The van der Waals surface area contributed by atoms with E-state index in [9.17, 15) is 13.2 Å². The van der Waals surface area contributed by atoms with Crippen molar-refractivity contribution in [1.82, 2.24) is 0 Å². The molecule has 0 aliphatic carbocycles. The lowest BCUT2D eigenvalue weighted by Crippen LogP contribution is -2.57. The van der Waals surface area contributed by atoms with Crippen LogP contribution in [0.25, 0.3) is 0 Å². The number of sulfonamides is 1. The van der Waals surface area contributed by atoms with Crippen LogP contribution >= 0.6 is 0 Å². The molecule has 0 amide bonds. The van der Waals surface area contributed by atoms with Crippen molar-refractivity contribution in [1.29, 1.82) is 0 Å². The lowest BCUT2D eigenvalue weighted by atomic mass is 10.1. The molecular formula is C10H14N2O4S. The molecule has 0 aliphatic rings. The molecule has 0 saturated heterocycles. The van der Waals surface area contributed by atoms with Crippen molar-refractivity contribution in [2.45, 2.75) is 17.7 Å². The van der Waals surface area contributed by atoms with E-state index < -0.39 is 20.9 Å². The van der Waals surface area contributed by atoms with Gasteiger partial charge in [0.1, 0.15) is 0 Å². The van der Waals surface area contributed by atoms with Gasteiger partial charge in [-0.2, -0.15) is 0 Å². The van der Waals surface area contributed by atoms with Crippen molar-refractivity contribution in [2.24, 2.45) is 10.9 Å². The van der Waals surface area contributed by atoms with Crippen LogP contribution in [0.4, 0.5) is 0 Å². The zero-order chi connectivity index (χ0) is 13.1. The third-order valence-electron chi connectivity index (χ3n) is 2.50. The highest BCUT2D eigenvalue weighted by Crippen LogP contribution is 2.16. The van der Waals surface area contributed by atoms with Crippen LogP contribution in [0.2, 0.25) is 0 Å². The van der Waals surface area contributed by atoms with Crippen LogP contribution in [0.3, 0.4) is 0 Å². The summed E-state index contributed by atoms with van der Waals surface area (Å²) in [6, 6.07) is 8.85. The third-order valence-corrected chi connectivity index (χ3v) is 3.89. The molecule has 0 heterocycles. The molecule has 0 saturated carbocycles. The highest BCUT2D eigenvalue weighted by molar-refractivity contribution is 7.91. The summed E-state index contributed by atoms with van der Waals surface area (Å²) in [5, 5.41) is 13.7. The van der Waals surface area contributed by atoms with Gasteiger partial charge in [-0.3, -0.25) is 0 Å². The number of hydrogen-bond donors (Lipinski definition) is 3. The molecule has 7 heteroatoms. The molecule has 0 spiro atoms. The molecule has 1 rings (SSSR count). The van der Waals surface area contributed by atoms with Crippen molar-refractivity contribution < 1.29 is 18.3 Å². The first-order valence-corrected chi connectivity index (χ1v) is 6.40. The van der Waals surface area contributed by atoms with Crippen LogP contribution in [-0.4, -0.2) is 24.4 Å². The van der Waals surface area contributed by atoms with E-state index in [4.69, 9.17) is 16.0 Å². The Morgan fingerprint density at radius 3 is 2.24 bits per heavy atom. The van der Waals surface area contributed by atoms with Gasteiger partial charge in [0.2, 0.25) is 14.9 Å². The number of primary sulfonamides is 1. The van der Waals surface area contributed by atoms with Crippen LogP contribution < -0.4 is 10.9 Å². The summed E-state index contributed by atoms with van der Waals surface area (Å²) < 4.78 is 22.4. The first-order valence-electron chi connectivity index (χ1n) is 4.86. The Labute approximate surface area is 99.3 Å². The van der Waals surface area contributed by atoms with Crippen LogP contribution in [0.1, 0.15) is 12.0 Å². The SMILES string of the molecule is NC(CCc1ccccc1)(C(=O)O)S(N)(=O)=O. The van der Waals surface area contributed by atoms with Crippen molar-refractivity contribution in [2.75, 3.05) is 0 Å². The Hall–Kier alpha value is -1.44. The smallest absolute Gasteiger partial charge is 0.341 e. The monoisotopic (exact) mass is 258 g/mol. The van der Waals surface area contributed by atoms with Crippen molar-refractivity contribution in [3.8, 4) is 0 Å². The second-order valence-corrected chi connectivity index (χ2v) is 5.54. The summed E-state index contributed by atoms with van der Waals surface area (Å²) in [4.78, 5) is 8.46. The largest absolute Gasteiger partial charge is 0.479 e. The molecule has 1 atom stereocenters. The van der Waals surface area contributed by atoms with Crippen LogP contribution in [0, 0.1) is 0 Å². The fourth-order valence-electron chi connectivity index (χ4n) is 1.35. The molecule has 0 bridgehead atoms. The van der Waals surface area contributed by atoms with E-state index in [0.29, 0.717) is 0 Å². The molecule has 6 nitrogen and oxygen atoms in total. The number of carbonyl (C=O) groups is 1. The van der Waals surface area contributed by atoms with Crippen LogP contribution in [-0.2, 0) is 21.2 Å². The van der Waals surface area contributed by atoms with Crippen molar-refractivity contribution >= 4 is 16.0 Å². The first kappa shape index (κ1) is 13.6. The number of carboxylic acids is 1. The van der Waals surface area contributed by atoms with Crippen LogP contribution in [0.15, 0.2) is 30.3 Å². The minimum Gasteiger partial charge on any atom is -0.479 e. The predicted molar refractivity (Wildman–Crippen MR) is 62.4 cm³/mol. The van der Waals surface area contributed by atoms with Gasteiger partial charge in [-0.25, -0.2) is 18.4 Å². The standard InChI is InChI=1S/C10H14N2O4S/c11-10(9(13)14,17(12,15)16)7-6-8-4-2-1-3-5-8/h1-5H,6-7,11H2,(H,13,14)(H2,12,15,16). The van der Waals surface area contributed by atoms with Gasteiger partial charge in [-0.05, 0) is 18.4 Å². The van der Waals surface area contributed by atoms with Gasteiger partial charge >= 0.3 is 5.97 Å². The van der Waals surface area contributed by atoms with E-state index in [1.54, 1.807) is 30.3 Å². The summed E-state index contributed by atoms with van der Waals surface area (Å²) >= 11 is 0. The molecule has 1 aromatic rings. The van der Waals surface area contributed by atoms with Crippen LogP contribution in [0.5, 0.6) is 0 Å². The van der Waals surface area contributed by atoms with E-state index in [1.165, 1.54) is 0 Å². The lowest BCUT2D eigenvalue weighted by molar-refractivity contribution is -0.140. The minimum absolute atomic E-state index is 0.222. The van der Waals surface area contributed by atoms with Gasteiger partial charge in [0.15, 0.2) is 0 Å². The zero-order valence-electron chi connectivity index (χ0n) is 9.04. The predicted octanol–water partition coefficient (Wildman–Crippen LogP) is -0.353. The van der Waals surface area contributed by atoms with E-state index in [0.717, 1.165) is 5.56 Å². The van der Waals surface area contributed by atoms with Gasteiger partial charge in [0, 0.05) is 0 Å². The first-order chi connectivity index (χ1) is 7.77. The molecule has 1 aromatic carbocycles. The number of aliphatic carboxylic acids is 1. The number of hydrogen-bond acceptors (Lipinski definition) is 4. The summed E-state index contributed by atoms with van der Waals surface area (Å²) in [5.74, 6) is -1.64. The van der Waals surface area contributed by atoms with Gasteiger partial charge in [-0.15, -0.1) is 0 Å². The number of benzene rings is 1. The second-order valence-electron chi connectivity index (χ2n) is 3.73. The molecule has 17 heavy (non-hydrogen) atoms. The molecule has 0 aromatic heterocycles. The quantitative estimate of drug-likeness (QED) is 0.665. The fraction of sp³-hybridized carbons (Fsp3) is 0.300. The van der Waals surface area contributed by atoms with Gasteiger partial charge in [0.05, 0.1) is 0 Å². The van der Waals surface area contributed by atoms with E-state index in [-0.39, 0.29) is 12.8 Å². The number of nitrogens with two attached hydrogens (primary N) is 2. The zero-order valence-corrected chi connectivity index (χ0v) is 9.85. The second kappa shape index (κ2) is 4.82. The highest BCUT2D eigenvalue weighted by Gasteiger charge is 2.45. The van der Waals surface area contributed by atoms with E-state index in [1.807, 2.05) is 0 Å². The highest BCUT2D eigenvalue weighted by atomic mass is 32.2. The molecule has 0 fully saturated rings.